The molecule has 0 aromatic rings. The Morgan fingerprint density at radius 3 is 2.00 bits per heavy atom. The van der Waals surface area contributed by atoms with Gasteiger partial charge in [-0.1, -0.05) is 18.3 Å². The topological polar surface area (TPSA) is 175 Å². The van der Waals surface area contributed by atoms with Crippen LogP contribution in [0.3, 0.4) is 0 Å². The van der Waals surface area contributed by atoms with Gasteiger partial charge in [-0.05, 0) is 17.8 Å². The van der Waals surface area contributed by atoms with E-state index in [9.17, 15) is 20.2 Å². The normalized spacial score (nSPS) is 12.2. The summed E-state index contributed by atoms with van der Waals surface area (Å²) in [6.07, 6.45) is 3.03. The molecule has 0 atom stereocenters. The molecule has 11 heteroatoms. The lowest BCUT2D eigenvalue weighted by Gasteiger charge is -1.98. The van der Waals surface area contributed by atoms with Crippen molar-refractivity contribution >= 4 is 11.9 Å². The standard InChI is InChI=1S/C8H17N7O4/c9-7(13-15(18)19)11-5-3-1-2-4-6-12-8(10)14(16)17/h1-6H2,(H2,10,12)(H3,9,11,13). The molecule has 5 N–H and O–H groups in total. The van der Waals surface area contributed by atoms with Gasteiger partial charge in [-0.3, -0.25) is 5.73 Å². The number of nitrogens with two attached hydrogens (primary N) is 2. The van der Waals surface area contributed by atoms with Gasteiger partial charge in [0, 0.05) is 6.54 Å². The zero-order valence-electron chi connectivity index (χ0n) is 10.3. The van der Waals surface area contributed by atoms with Crippen molar-refractivity contribution in [2.75, 3.05) is 13.1 Å². The van der Waals surface area contributed by atoms with Gasteiger partial charge in [-0.2, -0.15) is 0 Å². The summed E-state index contributed by atoms with van der Waals surface area (Å²) in [6.45, 7) is 0.689. The number of hydrogen-bond acceptors (Lipinski definition) is 6. The molecular formula is C8H17N7O4. The molecule has 0 aromatic heterocycles. The molecule has 0 bridgehead atoms. The van der Waals surface area contributed by atoms with Crippen LogP contribution in [0.15, 0.2) is 9.98 Å². The minimum Gasteiger partial charge on any atom is -0.390 e. The highest BCUT2D eigenvalue weighted by atomic mass is 16.7. The Bertz CT molecular complexity index is 368. The molecule has 0 saturated heterocycles. The maximum absolute atomic E-state index is 10.1. The molecular weight excluding hydrogens is 258 g/mol. The first-order valence-corrected chi connectivity index (χ1v) is 5.58. The quantitative estimate of drug-likeness (QED) is 0.171. The summed E-state index contributed by atoms with van der Waals surface area (Å²) >= 11 is 0. The van der Waals surface area contributed by atoms with Crippen LogP contribution >= 0.6 is 0 Å². The van der Waals surface area contributed by atoms with Gasteiger partial charge in [0.05, 0.1) is 0 Å². The first-order chi connectivity index (χ1) is 8.93. The van der Waals surface area contributed by atoms with Crippen LogP contribution in [0.5, 0.6) is 0 Å². The fourth-order valence-electron chi connectivity index (χ4n) is 1.16. The number of unbranched alkanes of at least 4 members (excludes halogenated alkanes) is 3. The second-order valence-electron chi connectivity index (χ2n) is 3.55. The Hall–Kier alpha value is -2.46. The smallest absolute Gasteiger partial charge is 0.390 e. The number of rotatable bonds is 8. The highest BCUT2D eigenvalue weighted by Crippen LogP contribution is 2.00. The number of nitrogens with zero attached hydrogens (tertiary/aromatic N) is 4. The van der Waals surface area contributed by atoms with Crippen LogP contribution in [0.2, 0.25) is 0 Å². The molecule has 0 aliphatic heterocycles. The Labute approximate surface area is 109 Å². The third-order valence-corrected chi connectivity index (χ3v) is 2.02. The number of hydrogen-bond donors (Lipinski definition) is 3. The van der Waals surface area contributed by atoms with Gasteiger partial charge < -0.3 is 15.8 Å². The van der Waals surface area contributed by atoms with Crippen LogP contribution in [0.1, 0.15) is 25.7 Å². The molecule has 0 fully saturated rings. The minimum absolute atomic E-state index is 0.228. The van der Waals surface area contributed by atoms with Crippen molar-refractivity contribution in [3.8, 4) is 0 Å². The molecule has 0 heterocycles. The number of nitrogens with one attached hydrogen (secondary N) is 1. The van der Waals surface area contributed by atoms with Gasteiger partial charge in [0.15, 0.2) is 5.03 Å². The number of guanidine groups is 2. The fourth-order valence-corrected chi connectivity index (χ4v) is 1.16. The Morgan fingerprint density at radius 1 is 1.00 bits per heavy atom. The second kappa shape index (κ2) is 9.56. The van der Waals surface area contributed by atoms with Crippen LogP contribution in [0.25, 0.3) is 0 Å². The maximum Gasteiger partial charge on any atom is 0.420 e. The summed E-state index contributed by atoms with van der Waals surface area (Å²) in [6, 6.07) is 0. The van der Waals surface area contributed by atoms with Crippen LogP contribution in [-0.4, -0.2) is 35.0 Å². The molecule has 0 rings (SSSR count). The van der Waals surface area contributed by atoms with Crippen molar-refractivity contribution < 1.29 is 9.96 Å². The Balaban J connectivity index is 3.54. The van der Waals surface area contributed by atoms with Crippen LogP contribution in [-0.2, 0) is 0 Å². The van der Waals surface area contributed by atoms with Gasteiger partial charge in [0.1, 0.15) is 6.54 Å². The van der Waals surface area contributed by atoms with Crippen molar-refractivity contribution in [2.45, 2.75) is 25.7 Å². The third kappa shape index (κ3) is 10.4. The van der Waals surface area contributed by atoms with E-state index in [-0.39, 0.29) is 5.96 Å². The van der Waals surface area contributed by atoms with Crippen molar-refractivity contribution in [1.29, 1.82) is 0 Å². The minimum atomic E-state index is -0.781. The first-order valence-electron chi connectivity index (χ1n) is 5.58. The molecule has 0 radical (unpaired) electrons. The van der Waals surface area contributed by atoms with Crippen molar-refractivity contribution in [2.24, 2.45) is 21.5 Å². The molecule has 0 aromatic carbocycles. The summed E-state index contributed by atoms with van der Waals surface area (Å²) in [5.74, 6) is -0.809. The van der Waals surface area contributed by atoms with Crippen LogP contribution in [0, 0.1) is 20.2 Å². The summed E-state index contributed by atoms with van der Waals surface area (Å²) in [7, 11) is 0. The third-order valence-electron chi connectivity index (χ3n) is 2.02. The summed E-state index contributed by atoms with van der Waals surface area (Å²) in [5, 5.41) is 19.3. The van der Waals surface area contributed by atoms with Gasteiger partial charge in [-0.15, -0.1) is 4.99 Å². The highest BCUT2D eigenvalue weighted by Gasteiger charge is 2.01. The van der Waals surface area contributed by atoms with E-state index in [0.29, 0.717) is 25.9 Å². The van der Waals surface area contributed by atoms with Crippen molar-refractivity contribution in [3.63, 3.8) is 0 Å². The van der Waals surface area contributed by atoms with Crippen molar-refractivity contribution in [3.05, 3.63) is 20.2 Å². The van der Waals surface area contributed by atoms with E-state index in [1.54, 1.807) is 5.43 Å². The maximum atomic E-state index is 10.1. The van der Waals surface area contributed by atoms with Gasteiger partial charge in [0.25, 0.3) is 5.96 Å². The van der Waals surface area contributed by atoms with E-state index in [2.05, 4.69) is 9.98 Å². The largest absolute Gasteiger partial charge is 0.420 e. The van der Waals surface area contributed by atoms with Gasteiger partial charge >= 0.3 is 5.96 Å². The van der Waals surface area contributed by atoms with E-state index in [4.69, 9.17) is 11.5 Å². The Kier molecular flexibility index (Phi) is 8.32. The highest BCUT2D eigenvalue weighted by molar-refractivity contribution is 5.76. The lowest BCUT2D eigenvalue weighted by atomic mass is 10.2. The molecule has 0 saturated carbocycles. The molecule has 19 heavy (non-hydrogen) atoms. The van der Waals surface area contributed by atoms with Crippen LogP contribution in [0.4, 0.5) is 0 Å². The fraction of sp³-hybridized carbons (Fsp3) is 0.750. The molecule has 0 amide bonds. The SMILES string of the molecule is NC(=NCCCCCCN=C(N)[N+](=O)[O-])N[N+](=O)[O-]. The van der Waals surface area contributed by atoms with Crippen LogP contribution < -0.4 is 16.9 Å². The van der Waals surface area contributed by atoms with Gasteiger partial charge in [0.2, 0.25) is 0 Å². The molecule has 0 spiro atoms. The summed E-state index contributed by atoms with van der Waals surface area (Å²) in [5.41, 5.74) is 11.9. The van der Waals surface area contributed by atoms with E-state index in [1.165, 1.54) is 0 Å². The number of nitro groups is 2. The molecule has 0 aliphatic carbocycles. The monoisotopic (exact) mass is 275 g/mol. The number of hydrazine groups is 1. The molecule has 11 nitrogen and oxygen atoms in total. The molecule has 0 unspecified atom stereocenters. The first kappa shape index (κ1) is 16.5. The number of aliphatic imine (C=N–C) groups is 2. The predicted molar refractivity (Wildman–Crippen MR) is 68.6 cm³/mol. The summed E-state index contributed by atoms with van der Waals surface area (Å²) in [4.78, 5) is 26.7. The zero-order valence-corrected chi connectivity index (χ0v) is 10.3. The lowest BCUT2D eigenvalue weighted by molar-refractivity contribution is -0.525. The summed E-state index contributed by atoms with van der Waals surface area (Å²) < 4.78 is 0. The zero-order chi connectivity index (χ0) is 14.7. The van der Waals surface area contributed by atoms with E-state index < -0.39 is 15.9 Å². The van der Waals surface area contributed by atoms with Crippen molar-refractivity contribution in [1.82, 2.24) is 5.43 Å². The molecule has 108 valence electrons. The predicted octanol–water partition coefficient (Wildman–Crippen LogP) is -0.766. The van der Waals surface area contributed by atoms with E-state index in [1.807, 2.05) is 0 Å². The lowest BCUT2D eigenvalue weighted by Crippen LogP contribution is -2.36. The average molecular weight is 275 g/mol. The van der Waals surface area contributed by atoms with E-state index in [0.717, 1.165) is 12.8 Å². The molecule has 0 aliphatic rings. The second-order valence-corrected chi connectivity index (χ2v) is 3.55. The average Bonchev–Trinajstić information content (AvgIpc) is 2.31. The van der Waals surface area contributed by atoms with E-state index >= 15 is 0 Å². The van der Waals surface area contributed by atoms with Gasteiger partial charge in [-0.25, -0.2) is 15.1 Å². The Morgan fingerprint density at radius 2 is 1.53 bits per heavy atom.